The molecule has 1 N–H and O–H groups in total. The van der Waals surface area contributed by atoms with E-state index < -0.39 is 11.9 Å². The maximum Gasteiger partial charge on any atom is 0.341 e. The van der Waals surface area contributed by atoms with Crippen molar-refractivity contribution >= 4 is 34.3 Å². The summed E-state index contributed by atoms with van der Waals surface area (Å²) in [6, 6.07) is 5.22. The van der Waals surface area contributed by atoms with Gasteiger partial charge in [-0.15, -0.1) is 11.3 Å². The Morgan fingerprint density at radius 3 is 2.44 bits per heavy atom. The Hall–Kier alpha value is -3.51. The lowest BCUT2D eigenvalue weighted by Crippen LogP contribution is -2.17. The summed E-state index contributed by atoms with van der Waals surface area (Å²) in [6.07, 6.45) is 3.99. The lowest BCUT2D eigenvalue weighted by molar-refractivity contribution is -0.112. The summed E-state index contributed by atoms with van der Waals surface area (Å²) in [4.78, 5) is 26.8. The monoisotopic (exact) mass is 484 g/mol. The first-order valence-electron chi connectivity index (χ1n) is 10.9. The second-order valence-corrected chi connectivity index (χ2v) is 8.96. The molecule has 34 heavy (non-hydrogen) atoms. The van der Waals surface area contributed by atoms with Gasteiger partial charge in [-0.1, -0.05) is 6.92 Å². The van der Waals surface area contributed by atoms with Crippen molar-refractivity contribution in [1.29, 1.82) is 5.26 Å². The Morgan fingerprint density at radius 2 is 1.88 bits per heavy atom. The van der Waals surface area contributed by atoms with Gasteiger partial charge in [0, 0.05) is 4.88 Å². The quantitative estimate of drug-likeness (QED) is 0.331. The number of carbonyl (C=O) groups excluding carboxylic acids is 2. The first kappa shape index (κ1) is 25.1. The van der Waals surface area contributed by atoms with E-state index in [-0.39, 0.29) is 12.2 Å². The number of hydrogen-bond acceptors (Lipinski definition) is 8. The molecular formula is C25H28N2O6S. The van der Waals surface area contributed by atoms with Crippen molar-refractivity contribution in [3.05, 3.63) is 39.3 Å². The van der Waals surface area contributed by atoms with Crippen molar-refractivity contribution in [3.63, 3.8) is 0 Å². The van der Waals surface area contributed by atoms with Crippen molar-refractivity contribution in [1.82, 2.24) is 0 Å². The predicted octanol–water partition coefficient (Wildman–Crippen LogP) is 4.62. The van der Waals surface area contributed by atoms with Crippen LogP contribution in [0.3, 0.4) is 0 Å². The molecule has 0 saturated carbocycles. The Labute approximate surface area is 203 Å². The van der Waals surface area contributed by atoms with Crippen molar-refractivity contribution in [2.45, 2.75) is 33.1 Å². The van der Waals surface area contributed by atoms with Crippen LogP contribution in [0.2, 0.25) is 0 Å². The van der Waals surface area contributed by atoms with Crippen LogP contribution >= 0.6 is 11.3 Å². The van der Waals surface area contributed by atoms with Gasteiger partial charge in [0.1, 0.15) is 16.6 Å². The maximum atomic E-state index is 13.1. The summed E-state index contributed by atoms with van der Waals surface area (Å²) in [6.45, 7) is 4.14. The van der Waals surface area contributed by atoms with E-state index in [1.165, 1.54) is 38.7 Å². The van der Waals surface area contributed by atoms with Crippen LogP contribution in [-0.2, 0) is 22.4 Å². The van der Waals surface area contributed by atoms with E-state index in [2.05, 4.69) is 12.2 Å². The van der Waals surface area contributed by atoms with Gasteiger partial charge >= 0.3 is 5.97 Å². The van der Waals surface area contributed by atoms with Crippen LogP contribution in [0.4, 0.5) is 5.00 Å². The number of thiophene rings is 1. The molecule has 3 rings (SSSR count). The van der Waals surface area contributed by atoms with Crippen molar-refractivity contribution in [2.75, 3.05) is 33.3 Å². The number of ether oxygens (including phenoxy) is 4. The number of rotatable bonds is 8. The number of amides is 1. The highest BCUT2D eigenvalue weighted by atomic mass is 32.1. The lowest BCUT2D eigenvalue weighted by Gasteiger charge is -2.18. The van der Waals surface area contributed by atoms with Gasteiger partial charge in [-0.25, -0.2) is 4.79 Å². The lowest BCUT2D eigenvalue weighted by atomic mass is 9.88. The first-order chi connectivity index (χ1) is 16.4. The van der Waals surface area contributed by atoms with Crippen LogP contribution in [0.25, 0.3) is 6.08 Å². The molecule has 2 aromatic rings. The molecule has 0 fully saturated rings. The van der Waals surface area contributed by atoms with E-state index in [0.717, 1.165) is 29.7 Å². The third-order valence-corrected chi connectivity index (χ3v) is 6.75. The molecule has 180 valence electrons. The molecule has 0 saturated heterocycles. The number of nitriles is 1. The molecule has 0 bridgehead atoms. The highest BCUT2D eigenvalue weighted by molar-refractivity contribution is 7.17. The number of carbonyl (C=O) groups is 2. The van der Waals surface area contributed by atoms with Crippen LogP contribution in [0.1, 0.15) is 46.6 Å². The Morgan fingerprint density at radius 1 is 1.21 bits per heavy atom. The molecule has 1 amide bonds. The number of esters is 1. The molecule has 1 atom stereocenters. The highest BCUT2D eigenvalue weighted by Crippen LogP contribution is 2.41. The minimum Gasteiger partial charge on any atom is -0.493 e. The SMILES string of the molecule is CCOC(=O)c1c(NC(=O)/C(C#N)=C/c2cc(OC)c(OC)c(OC)c2)sc2c1CCC(C)C2. The number of methoxy groups -OCH3 is 3. The van der Waals surface area contributed by atoms with Crippen LogP contribution in [0, 0.1) is 17.2 Å². The average molecular weight is 485 g/mol. The first-order valence-corrected chi connectivity index (χ1v) is 11.7. The summed E-state index contributed by atoms with van der Waals surface area (Å²) in [7, 11) is 4.46. The summed E-state index contributed by atoms with van der Waals surface area (Å²) in [5.74, 6) is 0.623. The van der Waals surface area contributed by atoms with E-state index in [1.54, 1.807) is 19.1 Å². The summed E-state index contributed by atoms with van der Waals surface area (Å²) < 4.78 is 21.3. The van der Waals surface area contributed by atoms with Crippen LogP contribution in [0.5, 0.6) is 17.2 Å². The fourth-order valence-electron chi connectivity index (χ4n) is 3.93. The zero-order valence-electron chi connectivity index (χ0n) is 19.9. The van der Waals surface area contributed by atoms with Gasteiger partial charge in [0.25, 0.3) is 5.91 Å². The van der Waals surface area contributed by atoms with Gasteiger partial charge in [0.2, 0.25) is 5.75 Å². The standard InChI is InChI=1S/C25H28N2O6S/c1-6-33-25(29)21-17-8-7-14(2)9-20(17)34-24(21)27-23(28)16(13-26)10-15-11-18(30-3)22(32-5)19(12-15)31-4/h10-12,14H,6-9H2,1-5H3,(H,27,28)/b16-10+. The van der Waals surface area contributed by atoms with Gasteiger partial charge in [0.05, 0.1) is 33.5 Å². The third kappa shape index (κ3) is 5.18. The molecule has 1 heterocycles. The molecule has 9 heteroatoms. The molecule has 0 radical (unpaired) electrons. The number of benzene rings is 1. The van der Waals surface area contributed by atoms with Crippen LogP contribution < -0.4 is 19.5 Å². The van der Waals surface area contributed by atoms with Crippen LogP contribution in [0.15, 0.2) is 17.7 Å². The van der Waals surface area contributed by atoms with E-state index in [0.29, 0.717) is 39.3 Å². The Balaban J connectivity index is 1.97. The second kappa shape index (κ2) is 11.1. The van der Waals surface area contributed by atoms with Gasteiger partial charge < -0.3 is 24.3 Å². The fourth-order valence-corrected chi connectivity index (χ4v) is 5.32. The van der Waals surface area contributed by atoms with Gasteiger partial charge in [0.15, 0.2) is 11.5 Å². The predicted molar refractivity (Wildman–Crippen MR) is 130 cm³/mol. The molecule has 1 unspecified atom stereocenters. The molecule has 1 aliphatic rings. The van der Waals surface area contributed by atoms with E-state index in [1.807, 2.05) is 6.07 Å². The smallest absolute Gasteiger partial charge is 0.341 e. The van der Waals surface area contributed by atoms with Crippen molar-refractivity contribution < 1.29 is 28.5 Å². The molecule has 8 nitrogen and oxygen atoms in total. The molecule has 1 aromatic heterocycles. The fraction of sp³-hybridized carbons (Fsp3) is 0.400. The van der Waals surface area contributed by atoms with Crippen molar-refractivity contribution in [2.24, 2.45) is 5.92 Å². The number of fused-ring (bicyclic) bond motifs is 1. The maximum absolute atomic E-state index is 13.1. The van der Waals surface area contributed by atoms with Gasteiger partial charge in [-0.2, -0.15) is 5.26 Å². The van der Waals surface area contributed by atoms with E-state index in [4.69, 9.17) is 18.9 Å². The second-order valence-electron chi connectivity index (χ2n) is 7.86. The largest absolute Gasteiger partial charge is 0.493 e. The number of anilines is 1. The number of nitrogens with zero attached hydrogens (tertiary/aromatic N) is 1. The molecule has 0 spiro atoms. The van der Waals surface area contributed by atoms with Gasteiger partial charge in [-0.05, 0) is 61.4 Å². The Kier molecular flexibility index (Phi) is 8.18. The minimum absolute atomic E-state index is 0.135. The molecular weight excluding hydrogens is 456 g/mol. The van der Waals surface area contributed by atoms with Crippen LogP contribution in [-0.4, -0.2) is 39.8 Å². The molecule has 0 aliphatic heterocycles. The average Bonchev–Trinajstić information content (AvgIpc) is 3.18. The third-order valence-electron chi connectivity index (χ3n) is 5.58. The molecule has 1 aliphatic carbocycles. The summed E-state index contributed by atoms with van der Waals surface area (Å²) in [5.41, 5.74) is 1.71. The topological polar surface area (TPSA) is 107 Å². The van der Waals surface area contributed by atoms with Gasteiger partial charge in [-0.3, -0.25) is 4.79 Å². The van der Waals surface area contributed by atoms with E-state index in [9.17, 15) is 14.9 Å². The van der Waals surface area contributed by atoms with Crippen molar-refractivity contribution in [3.8, 4) is 23.3 Å². The number of nitrogens with one attached hydrogen (secondary N) is 1. The van der Waals surface area contributed by atoms with E-state index >= 15 is 0 Å². The zero-order chi connectivity index (χ0) is 24.8. The summed E-state index contributed by atoms with van der Waals surface area (Å²) >= 11 is 1.37. The zero-order valence-corrected chi connectivity index (χ0v) is 20.8. The highest BCUT2D eigenvalue weighted by Gasteiger charge is 2.29. The minimum atomic E-state index is -0.617. The normalized spacial score (nSPS) is 15.1. The molecule has 1 aromatic carbocycles. The number of hydrogen-bond donors (Lipinski definition) is 1. The summed E-state index contributed by atoms with van der Waals surface area (Å²) in [5, 5.41) is 12.9. The Bertz CT molecular complexity index is 1140.